The van der Waals surface area contributed by atoms with Gasteiger partial charge >= 0.3 is 0 Å². The van der Waals surface area contributed by atoms with E-state index in [1.807, 2.05) is 32.0 Å². The number of aromatic nitrogens is 2. The van der Waals surface area contributed by atoms with Crippen molar-refractivity contribution in [3.63, 3.8) is 0 Å². The summed E-state index contributed by atoms with van der Waals surface area (Å²) in [6.45, 7) is 3.87. The first-order chi connectivity index (χ1) is 8.90. The second-order valence-electron chi connectivity index (χ2n) is 4.29. The Morgan fingerprint density at radius 1 is 1.42 bits per heavy atom. The molecule has 0 aliphatic rings. The highest BCUT2D eigenvalue weighted by Crippen LogP contribution is 2.32. The van der Waals surface area contributed by atoms with Crippen LogP contribution in [0.4, 0.5) is 0 Å². The Hall–Kier alpha value is -1.40. The molecule has 1 aromatic heterocycles. The minimum atomic E-state index is 0.281. The van der Waals surface area contributed by atoms with Crippen molar-refractivity contribution in [2.75, 3.05) is 0 Å². The molecule has 6 heteroatoms. The Labute approximate surface area is 125 Å². The molecule has 2 N–H and O–H groups in total. The molecule has 0 unspecified atom stereocenters. The van der Waals surface area contributed by atoms with Crippen LogP contribution in [0.15, 0.2) is 22.7 Å². The lowest BCUT2D eigenvalue weighted by Crippen LogP contribution is -2.11. The second-order valence-corrected chi connectivity index (χ2v) is 5.58. The third-order valence-electron chi connectivity index (χ3n) is 2.71. The van der Waals surface area contributed by atoms with Crippen LogP contribution in [0, 0.1) is 13.8 Å². The van der Waals surface area contributed by atoms with Crippen LogP contribution >= 0.6 is 28.1 Å². The van der Waals surface area contributed by atoms with Gasteiger partial charge in [0, 0.05) is 7.05 Å². The molecule has 19 heavy (non-hydrogen) atoms. The van der Waals surface area contributed by atoms with Crippen molar-refractivity contribution >= 4 is 33.1 Å². The van der Waals surface area contributed by atoms with Crippen molar-refractivity contribution in [2.24, 2.45) is 12.8 Å². The summed E-state index contributed by atoms with van der Waals surface area (Å²) in [7, 11) is 1.80. The summed E-state index contributed by atoms with van der Waals surface area (Å²) in [6, 6.07) is 5.86. The fourth-order valence-electron chi connectivity index (χ4n) is 1.83. The summed E-state index contributed by atoms with van der Waals surface area (Å²) in [5.74, 6) is 1.25. The highest BCUT2D eigenvalue weighted by atomic mass is 79.9. The molecule has 4 nitrogen and oxygen atoms in total. The molecule has 0 atom stereocenters. The standard InChI is InChI=1S/C13H14BrN3OS/c1-7-4-5-10(9(14)6-7)18-13-11(12(15)19)8(2)16-17(13)3/h4-6H,1-3H3,(H2,15,19). The number of thiocarbonyl (C=S) groups is 1. The molecule has 0 amide bonds. The normalized spacial score (nSPS) is 10.5. The topological polar surface area (TPSA) is 53.1 Å². The van der Waals surface area contributed by atoms with E-state index in [0.717, 1.165) is 15.7 Å². The third kappa shape index (κ3) is 2.79. The van der Waals surface area contributed by atoms with Gasteiger partial charge in [-0.3, -0.25) is 0 Å². The average molecular weight is 340 g/mol. The molecule has 1 heterocycles. The smallest absolute Gasteiger partial charge is 0.228 e. The van der Waals surface area contributed by atoms with Gasteiger partial charge < -0.3 is 10.5 Å². The second kappa shape index (κ2) is 5.30. The molecular formula is C13H14BrN3OS. The van der Waals surface area contributed by atoms with Crippen molar-refractivity contribution in [1.82, 2.24) is 9.78 Å². The van der Waals surface area contributed by atoms with Crippen LogP contribution in [0.1, 0.15) is 16.8 Å². The van der Waals surface area contributed by atoms with Gasteiger partial charge in [-0.1, -0.05) is 18.3 Å². The van der Waals surface area contributed by atoms with Gasteiger partial charge in [0.1, 0.15) is 10.7 Å². The van der Waals surface area contributed by atoms with Crippen molar-refractivity contribution in [3.8, 4) is 11.6 Å². The molecule has 0 spiro atoms. The van der Waals surface area contributed by atoms with E-state index in [0.29, 0.717) is 17.2 Å². The van der Waals surface area contributed by atoms with E-state index in [2.05, 4.69) is 21.0 Å². The van der Waals surface area contributed by atoms with Gasteiger partial charge in [0.05, 0.1) is 15.7 Å². The zero-order valence-corrected chi connectivity index (χ0v) is 13.3. The van der Waals surface area contributed by atoms with E-state index in [4.69, 9.17) is 22.7 Å². The monoisotopic (exact) mass is 339 g/mol. The van der Waals surface area contributed by atoms with E-state index in [-0.39, 0.29) is 4.99 Å². The molecule has 0 bridgehead atoms. The highest BCUT2D eigenvalue weighted by Gasteiger charge is 2.18. The van der Waals surface area contributed by atoms with E-state index in [1.165, 1.54) is 0 Å². The number of nitrogens with two attached hydrogens (primary N) is 1. The van der Waals surface area contributed by atoms with Gasteiger partial charge in [-0.25, -0.2) is 4.68 Å². The molecule has 0 aliphatic heterocycles. The molecule has 1 aromatic carbocycles. The van der Waals surface area contributed by atoms with Crippen LogP contribution in [0.2, 0.25) is 0 Å². The summed E-state index contributed by atoms with van der Waals surface area (Å²) in [5, 5.41) is 4.28. The maximum absolute atomic E-state index is 5.89. The number of aryl methyl sites for hydroxylation is 3. The molecular weight excluding hydrogens is 326 g/mol. The van der Waals surface area contributed by atoms with Gasteiger partial charge in [-0.15, -0.1) is 0 Å². The Bertz CT molecular complexity index is 652. The molecule has 0 saturated heterocycles. The first kappa shape index (κ1) is 14.0. The van der Waals surface area contributed by atoms with Crippen molar-refractivity contribution in [3.05, 3.63) is 39.5 Å². The molecule has 100 valence electrons. The van der Waals surface area contributed by atoms with Crippen LogP contribution in [0.25, 0.3) is 0 Å². The van der Waals surface area contributed by atoms with Crippen LogP contribution < -0.4 is 10.5 Å². The Morgan fingerprint density at radius 2 is 2.11 bits per heavy atom. The first-order valence-corrected chi connectivity index (χ1v) is 6.87. The van der Waals surface area contributed by atoms with Crippen LogP contribution in [-0.4, -0.2) is 14.8 Å². The van der Waals surface area contributed by atoms with Crippen LogP contribution in [-0.2, 0) is 7.05 Å². The van der Waals surface area contributed by atoms with Gasteiger partial charge in [0.25, 0.3) is 0 Å². The quantitative estimate of drug-likeness (QED) is 0.872. The fourth-order valence-corrected chi connectivity index (χ4v) is 2.64. The summed E-state index contributed by atoms with van der Waals surface area (Å²) >= 11 is 8.53. The largest absolute Gasteiger partial charge is 0.437 e. The lowest BCUT2D eigenvalue weighted by atomic mass is 10.2. The molecule has 2 rings (SSSR count). The molecule has 0 fully saturated rings. The van der Waals surface area contributed by atoms with E-state index < -0.39 is 0 Å². The zero-order valence-electron chi connectivity index (χ0n) is 10.9. The van der Waals surface area contributed by atoms with Crippen molar-refractivity contribution in [2.45, 2.75) is 13.8 Å². The van der Waals surface area contributed by atoms with Crippen LogP contribution in [0.5, 0.6) is 11.6 Å². The van der Waals surface area contributed by atoms with Gasteiger partial charge in [-0.05, 0) is 47.5 Å². The van der Waals surface area contributed by atoms with E-state index in [9.17, 15) is 0 Å². The minimum absolute atomic E-state index is 0.281. The Balaban J connectivity index is 2.46. The number of hydrogen-bond donors (Lipinski definition) is 1. The number of rotatable bonds is 3. The first-order valence-electron chi connectivity index (χ1n) is 5.67. The Kier molecular flexibility index (Phi) is 3.91. The third-order valence-corrected chi connectivity index (χ3v) is 3.53. The van der Waals surface area contributed by atoms with Gasteiger partial charge in [-0.2, -0.15) is 5.10 Å². The number of nitrogens with zero attached hydrogens (tertiary/aromatic N) is 2. The fraction of sp³-hybridized carbons (Fsp3) is 0.231. The molecule has 0 aliphatic carbocycles. The maximum Gasteiger partial charge on any atom is 0.228 e. The summed E-state index contributed by atoms with van der Waals surface area (Å²) in [4.78, 5) is 0.281. The number of hydrogen-bond acceptors (Lipinski definition) is 3. The number of ether oxygens (including phenoxy) is 1. The summed E-state index contributed by atoms with van der Waals surface area (Å²) in [6.07, 6.45) is 0. The van der Waals surface area contributed by atoms with E-state index in [1.54, 1.807) is 11.7 Å². The lowest BCUT2D eigenvalue weighted by molar-refractivity contribution is 0.427. The predicted octanol–water partition coefficient (Wildman–Crippen LogP) is 3.23. The van der Waals surface area contributed by atoms with Gasteiger partial charge in [0.2, 0.25) is 5.88 Å². The zero-order chi connectivity index (χ0) is 14.2. The van der Waals surface area contributed by atoms with Crippen LogP contribution in [0.3, 0.4) is 0 Å². The molecule has 2 aromatic rings. The summed E-state index contributed by atoms with van der Waals surface area (Å²) < 4.78 is 8.40. The van der Waals surface area contributed by atoms with Crippen molar-refractivity contribution in [1.29, 1.82) is 0 Å². The number of benzene rings is 1. The highest BCUT2D eigenvalue weighted by molar-refractivity contribution is 9.10. The van der Waals surface area contributed by atoms with Gasteiger partial charge in [0.15, 0.2) is 0 Å². The number of halogens is 1. The molecule has 0 radical (unpaired) electrons. The minimum Gasteiger partial charge on any atom is -0.437 e. The average Bonchev–Trinajstić information content (AvgIpc) is 2.57. The van der Waals surface area contributed by atoms with E-state index >= 15 is 0 Å². The maximum atomic E-state index is 5.89. The summed E-state index contributed by atoms with van der Waals surface area (Å²) in [5.41, 5.74) is 8.31. The SMILES string of the molecule is Cc1ccc(Oc2c(C(N)=S)c(C)nn2C)c(Br)c1. The molecule has 0 saturated carbocycles. The predicted molar refractivity (Wildman–Crippen MR) is 82.8 cm³/mol. The lowest BCUT2D eigenvalue weighted by Gasteiger charge is -2.10. The Morgan fingerprint density at radius 3 is 2.68 bits per heavy atom. The van der Waals surface area contributed by atoms with Crippen molar-refractivity contribution < 1.29 is 4.74 Å².